The van der Waals surface area contributed by atoms with Gasteiger partial charge < -0.3 is 5.32 Å². The lowest BCUT2D eigenvalue weighted by molar-refractivity contribution is 0.767. The van der Waals surface area contributed by atoms with Gasteiger partial charge >= 0.3 is 0 Å². The van der Waals surface area contributed by atoms with E-state index in [0.717, 1.165) is 23.0 Å². The first kappa shape index (κ1) is 11.6. The Morgan fingerprint density at radius 3 is 2.84 bits per heavy atom. The fraction of sp³-hybridized carbons (Fsp3) is 0.214. The molecule has 1 atom stereocenters. The second kappa shape index (κ2) is 4.68. The van der Waals surface area contributed by atoms with Gasteiger partial charge in [0.15, 0.2) is 11.5 Å². The number of fused-ring (bicyclic) bond motifs is 1. The maximum atomic E-state index is 4.43. The van der Waals surface area contributed by atoms with Gasteiger partial charge in [-0.15, -0.1) is 10.2 Å². The van der Waals surface area contributed by atoms with Gasteiger partial charge in [0, 0.05) is 11.9 Å². The predicted octanol–water partition coefficient (Wildman–Crippen LogP) is 2.61. The summed E-state index contributed by atoms with van der Waals surface area (Å²) in [4.78, 5) is 4.43. The van der Waals surface area contributed by atoms with Gasteiger partial charge in [0.05, 0.1) is 6.04 Å². The summed E-state index contributed by atoms with van der Waals surface area (Å²) in [7, 11) is 0. The Hall–Kier alpha value is -2.43. The molecule has 96 valence electrons. The van der Waals surface area contributed by atoms with E-state index < -0.39 is 0 Å². The van der Waals surface area contributed by atoms with Crippen LogP contribution in [0.5, 0.6) is 0 Å². The molecule has 0 amide bonds. The number of anilines is 1. The fourth-order valence-electron chi connectivity index (χ4n) is 2.06. The molecular formula is C14H15N5. The molecule has 3 rings (SSSR count). The molecule has 0 aliphatic heterocycles. The third-order valence-corrected chi connectivity index (χ3v) is 2.98. The van der Waals surface area contributed by atoms with E-state index in [1.807, 2.05) is 60.8 Å². The van der Waals surface area contributed by atoms with E-state index in [1.54, 1.807) is 0 Å². The SMILES string of the molecule is Cc1cccc(NC(C)c2nnc3ccccn23)n1. The zero-order valence-corrected chi connectivity index (χ0v) is 10.9. The molecule has 5 nitrogen and oxygen atoms in total. The number of nitrogens with one attached hydrogen (secondary N) is 1. The largest absolute Gasteiger partial charge is 0.360 e. The van der Waals surface area contributed by atoms with Crippen molar-refractivity contribution in [2.45, 2.75) is 19.9 Å². The molecule has 3 aromatic heterocycles. The van der Waals surface area contributed by atoms with Crippen LogP contribution in [0.25, 0.3) is 5.65 Å². The van der Waals surface area contributed by atoms with E-state index in [4.69, 9.17) is 0 Å². The summed E-state index contributed by atoms with van der Waals surface area (Å²) in [6.45, 7) is 4.02. The van der Waals surface area contributed by atoms with Crippen molar-refractivity contribution < 1.29 is 0 Å². The number of nitrogens with zero attached hydrogens (tertiary/aromatic N) is 4. The second-order valence-electron chi connectivity index (χ2n) is 4.52. The number of rotatable bonds is 3. The molecule has 0 aliphatic rings. The smallest absolute Gasteiger partial charge is 0.160 e. The Morgan fingerprint density at radius 1 is 1.11 bits per heavy atom. The highest BCUT2D eigenvalue weighted by molar-refractivity contribution is 5.41. The summed E-state index contributed by atoms with van der Waals surface area (Å²) in [6.07, 6.45) is 1.96. The quantitative estimate of drug-likeness (QED) is 0.779. The van der Waals surface area contributed by atoms with E-state index in [0.29, 0.717) is 0 Å². The number of aromatic nitrogens is 4. The molecule has 0 bridgehead atoms. The summed E-state index contributed by atoms with van der Waals surface area (Å²) < 4.78 is 1.98. The highest BCUT2D eigenvalue weighted by atomic mass is 15.3. The monoisotopic (exact) mass is 253 g/mol. The average molecular weight is 253 g/mol. The Morgan fingerprint density at radius 2 is 2.00 bits per heavy atom. The van der Waals surface area contributed by atoms with E-state index >= 15 is 0 Å². The van der Waals surface area contributed by atoms with E-state index in [-0.39, 0.29) is 6.04 Å². The van der Waals surface area contributed by atoms with E-state index in [9.17, 15) is 0 Å². The summed E-state index contributed by atoms with van der Waals surface area (Å²) in [5.41, 5.74) is 1.84. The molecule has 0 aliphatic carbocycles. The zero-order valence-electron chi connectivity index (χ0n) is 10.9. The van der Waals surface area contributed by atoms with Crippen LogP contribution in [0.15, 0.2) is 42.6 Å². The summed E-state index contributed by atoms with van der Waals surface area (Å²) in [5, 5.41) is 11.7. The Balaban J connectivity index is 1.90. The summed E-state index contributed by atoms with van der Waals surface area (Å²) in [5.74, 6) is 1.72. The fourth-order valence-corrected chi connectivity index (χ4v) is 2.06. The summed E-state index contributed by atoms with van der Waals surface area (Å²) in [6, 6.07) is 11.8. The van der Waals surface area contributed by atoms with Crippen molar-refractivity contribution in [3.8, 4) is 0 Å². The van der Waals surface area contributed by atoms with Gasteiger partial charge in [-0.1, -0.05) is 12.1 Å². The minimum absolute atomic E-state index is 0.0340. The van der Waals surface area contributed by atoms with E-state index in [1.165, 1.54) is 0 Å². The first-order valence-electron chi connectivity index (χ1n) is 6.24. The van der Waals surface area contributed by atoms with Crippen LogP contribution in [0.1, 0.15) is 24.5 Å². The number of aryl methyl sites for hydroxylation is 1. The maximum absolute atomic E-state index is 4.43. The van der Waals surface area contributed by atoms with Crippen molar-refractivity contribution in [1.82, 2.24) is 19.6 Å². The summed E-state index contributed by atoms with van der Waals surface area (Å²) >= 11 is 0. The standard InChI is InChI=1S/C14H15N5/c1-10-6-5-7-12(15-10)16-11(2)14-18-17-13-8-3-4-9-19(13)14/h3-9,11H,1-2H3,(H,15,16). The molecule has 1 unspecified atom stereocenters. The van der Waals surface area contributed by atoms with Crippen LogP contribution in [0.3, 0.4) is 0 Å². The molecule has 0 fully saturated rings. The lowest BCUT2D eigenvalue weighted by atomic mass is 10.3. The van der Waals surface area contributed by atoms with Gasteiger partial charge in [-0.3, -0.25) is 4.40 Å². The van der Waals surface area contributed by atoms with Crippen molar-refractivity contribution in [1.29, 1.82) is 0 Å². The topological polar surface area (TPSA) is 55.1 Å². The number of hydrogen-bond donors (Lipinski definition) is 1. The van der Waals surface area contributed by atoms with Gasteiger partial charge in [0.25, 0.3) is 0 Å². The van der Waals surface area contributed by atoms with Gasteiger partial charge in [-0.05, 0) is 38.1 Å². The van der Waals surface area contributed by atoms with E-state index in [2.05, 4.69) is 20.5 Å². The van der Waals surface area contributed by atoms with Crippen LogP contribution in [0, 0.1) is 6.92 Å². The lowest BCUT2D eigenvalue weighted by Crippen LogP contribution is -2.11. The Kier molecular flexibility index (Phi) is 2.87. The molecule has 0 saturated carbocycles. The van der Waals surface area contributed by atoms with Crippen LogP contribution in [-0.4, -0.2) is 19.6 Å². The third kappa shape index (κ3) is 2.27. The molecule has 0 saturated heterocycles. The van der Waals surface area contributed by atoms with Crippen LogP contribution < -0.4 is 5.32 Å². The maximum Gasteiger partial charge on any atom is 0.160 e. The Labute approximate surface area is 111 Å². The highest BCUT2D eigenvalue weighted by Gasteiger charge is 2.13. The normalized spacial score (nSPS) is 12.5. The van der Waals surface area contributed by atoms with Crippen LogP contribution in [-0.2, 0) is 0 Å². The molecule has 3 heterocycles. The third-order valence-electron chi connectivity index (χ3n) is 2.98. The molecule has 19 heavy (non-hydrogen) atoms. The molecule has 3 aromatic rings. The van der Waals surface area contributed by atoms with Crippen molar-refractivity contribution >= 4 is 11.5 Å². The molecular weight excluding hydrogens is 238 g/mol. The van der Waals surface area contributed by atoms with Crippen LogP contribution >= 0.6 is 0 Å². The lowest BCUT2D eigenvalue weighted by Gasteiger charge is -2.13. The minimum Gasteiger partial charge on any atom is -0.360 e. The van der Waals surface area contributed by atoms with Gasteiger partial charge in [-0.2, -0.15) is 0 Å². The van der Waals surface area contributed by atoms with Crippen molar-refractivity contribution in [3.63, 3.8) is 0 Å². The number of pyridine rings is 2. The highest BCUT2D eigenvalue weighted by Crippen LogP contribution is 2.17. The van der Waals surface area contributed by atoms with Gasteiger partial charge in [0.1, 0.15) is 5.82 Å². The van der Waals surface area contributed by atoms with Crippen LogP contribution in [0.2, 0.25) is 0 Å². The zero-order chi connectivity index (χ0) is 13.2. The first-order valence-corrected chi connectivity index (χ1v) is 6.24. The van der Waals surface area contributed by atoms with Crippen molar-refractivity contribution in [2.24, 2.45) is 0 Å². The molecule has 1 N–H and O–H groups in total. The molecule has 0 aromatic carbocycles. The number of hydrogen-bond acceptors (Lipinski definition) is 4. The molecule has 0 spiro atoms. The first-order chi connectivity index (χ1) is 9.24. The van der Waals surface area contributed by atoms with Crippen molar-refractivity contribution in [2.75, 3.05) is 5.32 Å². The average Bonchev–Trinajstić information content (AvgIpc) is 2.82. The Bertz CT molecular complexity index is 704. The minimum atomic E-state index is 0.0340. The van der Waals surface area contributed by atoms with Gasteiger partial charge in [0.2, 0.25) is 0 Å². The van der Waals surface area contributed by atoms with Gasteiger partial charge in [-0.25, -0.2) is 4.98 Å². The van der Waals surface area contributed by atoms with Crippen LogP contribution in [0.4, 0.5) is 5.82 Å². The predicted molar refractivity (Wildman–Crippen MR) is 74.0 cm³/mol. The second-order valence-corrected chi connectivity index (χ2v) is 4.52. The molecule has 5 heteroatoms. The van der Waals surface area contributed by atoms with Crippen molar-refractivity contribution in [3.05, 3.63) is 54.1 Å². The molecule has 0 radical (unpaired) electrons.